The van der Waals surface area contributed by atoms with Crippen LogP contribution in [0.25, 0.3) is 0 Å². The molecule has 0 saturated heterocycles. The molecule has 2 rings (SSSR count). The van der Waals surface area contributed by atoms with Crippen LogP contribution in [-0.4, -0.2) is 15.6 Å². The van der Waals surface area contributed by atoms with Crippen LogP contribution < -0.4 is 5.32 Å². The summed E-state index contributed by atoms with van der Waals surface area (Å²) < 4.78 is 26.1. The third kappa shape index (κ3) is 2.65. The van der Waals surface area contributed by atoms with E-state index in [4.69, 9.17) is 0 Å². The fourth-order valence-electron chi connectivity index (χ4n) is 2.58. The first kappa shape index (κ1) is 12.5. The highest BCUT2D eigenvalue weighted by Gasteiger charge is 2.34. The molecule has 1 atom stereocenters. The average molecular weight is 243 g/mol. The smallest absolute Gasteiger partial charge is 0.307 e. The van der Waals surface area contributed by atoms with Crippen molar-refractivity contribution in [3.63, 3.8) is 0 Å². The number of nitrogens with one attached hydrogen (secondary N) is 1. The van der Waals surface area contributed by atoms with E-state index in [9.17, 15) is 8.78 Å². The Labute approximate surface area is 100 Å². The Morgan fingerprint density at radius 1 is 1.59 bits per heavy atom. The number of hydrogen-bond donors (Lipinski definition) is 1. The number of rotatable bonds is 4. The number of imidazole rings is 1. The quantitative estimate of drug-likeness (QED) is 0.881. The molecule has 1 aliphatic rings. The third-order valence-electron chi connectivity index (χ3n) is 3.72. The molecule has 96 valence electrons. The van der Waals surface area contributed by atoms with Crippen molar-refractivity contribution >= 4 is 0 Å². The molecular weight excluding hydrogens is 224 g/mol. The summed E-state index contributed by atoms with van der Waals surface area (Å²) in [4.78, 5) is 3.97. The highest BCUT2D eigenvalue weighted by atomic mass is 19.3. The zero-order valence-electron chi connectivity index (χ0n) is 10.3. The van der Waals surface area contributed by atoms with Gasteiger partial charge in [0.05, 0.1) is 6.54 Å². The van der Waals surface area contributed by atoms with Gasteiger partial charge in [-0.3, -0.25) is 4.57 Å². The molecule has 1 fully saturated rings. The summed E-state index contributed by atoms with van der Waals surface area (Å²) >= 11 is 0. The van der Waals surface area contributed by atoms with Crippen molar-refractivity contribution in [2.75, 3.05) is 0 Å². The maximum atomic E-state index is 12.6. The number of halogens is 2. The molecule has 0 aliphatic heterocycles. The fraction of sp³-hybridized carbons (Fsp3) is 0.750. The van der Waals surface area contributed by atoms with E-state index < -0.39 is 6.55 Å². The summed E-state index contributed by atoms with van der Waals surface area (Å²) in [5.74, 6) is 0.405. The van der Waals surface area contributed by atoms with E-state index in [1.807, 2.05) is 0 Å². The predicted molar refractivity (Wildman–Crippen MR) is 61.7 cm³/mol. The molecule has 0 radical (unpaired) electrons. The monoisotopic (exact) mass is 243 g/mol. The molecule has 0 spiro atoms. The molecule has 1 aromatic heterocycles. The maximum absolute atomic E-state index is 12.6. The fourth-order valence-corrected chi connectivity index (χ4v) is 2.58. The molecule has 1 unspecified atom stereocenters. The van der Waals surface area contributed by atoms with Gasteiger partial charge in [0.25, 0.3) is 0 Å². The van der Waals surface area contributed by atoms with Gasteiger partial charge in [-0.2, -0.15) is 8.78 Å². The first-order valence-electron chi connectivity index (χ1n) is 6.04. The Bertz CT molecular complexity index is 374. The molecule has 1 aliphatic carbocycles. The van der Waals surface area contributed by atoms with Gasteiger partial charge in [-0.25, -0.2) is 4.98 Å². The van der Waals surface area contributed by atoms with E-state index in [0.717, 1.165) is 11.0 Å². The Kier molecular flexibility index (Phi) is 3.47. The lowest BCUT2D eigenvalue weighted by atomic mass is 9.87. The lowest BCUT2D eigenvalue weighted by Gasteiger charge is -2.27. The minimum atomic E-state index is -2.51. The van der Waals surface area contributed by atoms with Crippen LogP contribution >= 0.6 is 0 Å². The average Bonchev–Trinajstić information content (AvgIpc) is 2.81. The van der Waals surface area contributed by atoms with Crippen molar-refractivity contribution in [1.82, 2.24) is 14.9 Å². The molecular formula is C12H19F2N3. The first-order valence-corrected chi connectivity index (χ1v) is 6.04. The van der Waals surface area contributed by atoms with Gasteiger partial charge >= 0.3 is 6.55 Å². The Morgan fingerprint density at radius 2 is 2.35 bits per heavy atom. The highest BCUT2D eigenvalue weighted by Crippen LogP contribution is 2.37. The summed E-state index contributed by atoms with van der Waals surface area (Å²) in [5, 5.41) is 3.35. The molecule has 5 heteroatoms. The topological polar surface area (TPSA) is 29.9 Å². The van der Waals surface area contributed by atoms with Crippen LogP contribution in [0.1, 0.15) is 45.5 Å². The van der Waals surface area contributed by atoms with Crippen LogP contribution in [0.5, 0.6) is 0 Å². The van der Waals surface area contributed by atoms with Gasteiger partial charge in [0, 0.05) is 18.4 Å². The van der Waals surface area contributed by atoms with Crippen LogP contribution in [0.3, 0.4) is 0 Å². The summed E-state index contributed by atoms with van der Waals surface area (Å²) in [7, 11) is 0. The van der Waals surface area contributed by atoms with E-state index in [1.165, 1.54) is 25.2 Å². The molecule has 1 N–H and O–H groups in total. The van der Waals surface area contributed by atoms with Crippen LogP contribution in [0.4, 0.5) is 8.78 Å². The highest BCUT2D eigenvalue weighted by molar-refractivity contribution is 4.96. The Morgan fingerprint density at radius 3 is 2.94 bits per heavy atom. The van der Waals surface area contributed by atoms with E-state index in [0.29, 0.717) is 18.4 Å². The number of nitrogens with zero attached hydrogens (tertiary/aromatic N) is 2. The zero-order chi connectivity index (χ0) is 12.5. The molecule has 0 aromatic carbocycles. The third-order valence-corrected chi connectivity index (χ3v) is 3.72. The van der Waals surface area contributed by atoms with E-state index in [1.54, 1.807) is 0 Å². The minimum Gasteiger partial charge on any atom is -0.307 e. The SMILES string of the molecule is CC1(C)CCCC1NCc1nccn1C(F)F. The summed E-state index contributed by atoms with van der Waals surface area (Å²) in [6.45, 7) is 2.34. The Balaban J connectivity index is 1.96. The van der Waals surface area contributed by atoms with Gasteiger partial charge in [-0.1, -0.05) is 20.3 Å². The van der Waals surface area contributed by atoms with Crippen molar-refractivity contribution < 1.29 is 8.78 Å². The maximum Gasteiger partial charge on any atom is 0.319 e. The van der Waals surface area contributed by atoms with E-state index >= 15 is 0 Å². The van der Waals surface area contributed by atoms with Gasteiger partial charge in [0.1, 0.15) is 5.82 Å². The number of alkyl halides is 2. The summed E-state index contributed by atoms with van der Waals surface area (Å²) in [6.07, 6.45) is 6.24. The number of aromatic nitrogens is 2. The van der Waals surface area contributed by atoms with Gasteiger partial charge in [0.2, 0.25) is 0 Å². The summed E-state index contributed by atoms with van der Waals surface area (Å²) in [6, 6.07) is 0.394. The van der Waals surface area contributed by atoms with E-state index in [2.05, 4.69) is 24.1 Å². The second kappa shape index (κ2) is 4.72. The largest absolute Gasteiger partial charge is 0.319 e. The molecule has 1 saturated carbocycles. The van der Waals surface area contributed by atoms with Crippen LogP contribution in [-0.2, 0) is 6.54 Å². The van der Waals surface area contributed by atoms with Gasteiger partial charge in [0.15, 0.2) is 0 Å². The van der Waals surface area contributed by atoms with Gasteiger partial charge in [-0.15, -0.1) is 0 Å². The van der Waals surface area contributed by atoms with Crippen molar-refractivity contribution in [2.24, 2.45) is 5.41 Å². The van der Waals surface area contributed by atoms with Crippen molar-refractivity contribution in [1.29, 1.82) is 0 Å². The molecule has 3 nitrogen and oxygen atoms in total. The molecule has 1 aromatic rings. The van der Waals surface area contributed by atoms with Crippen molar-refractivity contribution in [2.45, 2.75) is 52.2 Å². The second-order valence-corrected chi connectivity index (χ2v) is 5.34. The van der Waals surface area contributed by atoms with Crippen LogP contribution in [0.2, 0.25) is 0 Å². The van der Waals surface area contributed by atoms with Crippen LogP contribution in [0.15, 0.2) is 12.4 Å². The molecule has 0 amide bonds. The second-order valence-electron chi connectivity index (χ2n) is 5.34. The lowest BCUT2D eigenvalue weighted by molar-refractivity contribution is 0.0662. The molecule has 0 bridgehead atoms. The number of hydrogen-bond acceptors (Lipinski definition) is 2. The van der Waals surface area contributed by atoms with E-state index in [-0.39, 0.29) is 5.41 Å². The van der Waals surface area contributed by atoms with Crippen molar-refractivity contribution in [3.05, 3.63) is 18.2 Å². The Hall–Kier alpha value is -0.970. The standard InChI is InChI=1S/C12H19F2N3/c1-12(2)5-3-4-9(12)16-8-10-15-6-7-17(10)11(13)14/h6-7,9,11,16H,3-5,8H2,1-2H3. The molecule has 17 heavy (non-hydrogen) atoms. The van der Waals surface area contributed by atoms with Crippen molar-refractivity contribution in [3.8, 4) is 0 Å². The van der Waals surface area contributed by atoms with Crippen LogP contribution in [0, 0.1) is 5.41 Å². The zero-order valence-corrected chi connectivity index (χ0v) is 10.3. The van der Waals surface area contributed by atoms with Gasteiger partial charge in [-0.05, 0) is 18.3 Å². The van der Waals surface area contributed by atoms with Gasteiger partial charge < -0.3 is 5.32 Å². The first-order chi connectivity index (χ1) is 8.00. The minimum absolute atomic E-state index is 0.252. The lowest BCUT2D eigenvalue weighted by Crippen LogP contribution is -2.37. The molecule has 1 heterocycles. The normalized spacial score (nSPS) is 23.5. The summed E-state index contributed by atoms with van der Waals surface area (Å²) in [5.41, 5.74) is 0.252. The predicted octanol–water partition coefficient (Wildman–Crippen LogP) is 2.95.